The van der Waals surface area contributed by atoms with Gasteiger partial charge in [-0.25, -0.2) is 13.4 Å². The van der Waals surface area contributed by atoms with E-state index in [2.05, 4.69) is 4.98 Å². The number of aryl methyl sites for hydroxylation is 1. The third-order valence-electron chi connectivity index (χ3n) is 2.24. The van der Waals surface area contributed by atoms with Gasteiger partial charge >= 0.3 is 0 Å². The smallest absolute Gasteiger partial charge is 0.156 e. The van der Waals surface area contributed by atoms with Crippen LogP contribution in [0.25, 0.3) is 0 Å². The average Bonchev–Trinajstić information content (AvgIpc) is 2.61. The maximum absolute atomic E-state index is 11.5. The van der Waals surface area contributed by atoms with Gasteiger partial charge in [-0.15, -0.1) is 11.3 Å². The fourth-order valence-corrected chi connectivity index (χ4v) is 3.77. The molecule has 0 aliphatic rings. The Bertz CT molecular complexity index is 506. The Morgan fingerprint density at radius 1 is 1.47 bits per heavy atom. The first-order chi connectivity index (χ1) is 7.89. The van der Waals surface area contributed by atoms with Gasteiger partial charge in [0, 0.05) is 5.75 Å². The number of nitrogens with two attached hydrogens (primary N) is 1. The predicted molar refractivity (Wildman–Crippen MR) is 75.2 cm³/mol. The number of hydrogen-bond donors (Lipinski definition) is 1. The molecule has 0 saturated heterocycles. The molecule has 7 heteroatoms. The van der Waals surface area contributed by atoms with E-state index in [1.54, 1.807) is 6.92 Å². The summed E-state index contributed by atoms with van der Waals surface area (Å²) in [5, 5.41) is 0.582. The van der Waals surface area contributed by atoms with Crippen LogP contribution in [0.1, 0.15) is 35.8 Å². The van der Waals surface area contributed by atoms with E-state index >= 15 is 0 Å². The fraction of sp³-hybridized carbons (Fsp3) is 0.600. The van der Waals surface area contributed by atoms with Crippen LogP contribution in [0.2, 0.25) is 0 Å². The highest BCUT2D eigenvalue weighted by atomic mass is 32.2. The van der Waals surface area contributed by atoms with E-state index in [9.17, 15) is 8.42 Å². The maximum Gasteiger partial charge on any atom is 0.156 e. The molecule has 0 atom stereocenters. The van der Waals surface area contributed by atoms with Gasteiger partial charge in [-0.05, 0) is 6.42 Å². The lowest BCUT2D eigenvalue weighted by Gasteiger charge is -1.96. The Labute approximate surface area is 111 Å². The molecule has 0 spiro atoms. The first kappa shape index (κ1) is 14.5. The third-order valence-corrected chi connectivity index (χ3v) is 5.48. The fourth-order valence-electron chi connectivity index (χ4n) is 1.35. The molecule has 0 fully saturated rings. The standard InChI is InChI=1S/C10H16N2O2S3/c1-3-5-7-9(10(11)15)16-8(12-7)6-17(13,14)4-2/h3-6H2,1-2H3,(H2,11,15). The molecule has 1 aromatic heterocycles. The van der Waals surface area contributed by atoms with Crippen molar-refractivity contribution >= 4 is 38.4 Å². The summed E-state index contributed by atoms with van der Waals surface area (Å²) < 4.78 is 23.0. The maximum atomic E-state index is 11.5. The molecule has 0 radical (unpaired) electrons. The van der Waals surface area contributed by atoms with Crippen LogP contribution >= 0.6 is 23.6 Å². The zero-order valence-electron chi connectivity index (χ0n) is 9.89. The first-order valence-electron chi connectivity index (χ1n) is 5.38. The number of aromatic nitrogens is 1. The Hall–Kier alpha value is -0.530. The van der Waals surface area contributed by atoms with Crippen LogP contribution in [0, 0.1) is 0 Å². The molecule has 0 bridgehead atoms. The third kappa shape index (κ3) is 4.01. The van der Waals surface area contributed by atoms with Crippen molar-refractivity contribution in [1.82, 2.24) is 4.98 Å². The minimum absolute atomic E-state index is 0.0203. The number of thiocarbonyl (C=S) groups is 1. The molecule has 0 amide bonds. The summed E-state index contributed by atoms with van der Waals surface area (Å²) in [6, 6.07) is 0. The SMILES string of the molecule is CCCc1nc(CS(=O)(=O)CC)sc1C(N)=S. The summed E-state index contributed by atoms with van der Waals surface area (Å²) in [5.41, 5.74) is 6.43. The average molecular weight is 292 g/mol. The van der Waals surface area contributed by atoms with Crippen LogP contribution in [0.5, 0.6) is 0 Å². The van der Waals surface area contributed by atoms with Crippen molar-refractivity contribution in [2.24, 2.45) is 5.73 Å². The second-order valence-corrected chi connectivity index (χ2v) is 7.55. The van der Waals surface area contributed by atoms with Crippen molar-refractivity contribution in [1.29, 1.82) is 0 Å². The molecule has 0 saturated carbocycles. The van der Waals surface area contributed by atoms with Crippen molar-refractivity contribution in [3.63, 3.8) is 0 Å². The van der Waals surface area contributed by atoms with Crippen molar-refractivity contribution in [2.45, 2.75) is 32.4 Å². The molecule has 1 rings (SSSR count). The largest absolute Gasteiger partial charge is 0.389 e. The summed E-state index contributed by atoms with van der Waals surface area (Å²) in [6.45, 7) is 3.66. The van der Waals surface area contributed by atoms with E-state index in [0.29, 0.717) is 10.00 Å². The van der Waals surface area contributed by atoms with Crippen LogP contribution < -0.4 is 5.73 Å². The highest BCUT2D eigenvalue weighted by molar-refractivity contribution is 7.90. The Morgan fingerprint density at radius 2 is 2.12 bits per heavy atom. The summed E-state index contributed by atoms with van der Waals surface area (Å²) in [5.74, 6) is 0.103. The van der Waals surface area contributed by atoms with Crippen LogP contribution in [-0.2, 0) is 22.0 Å². The molecule has 0 aromatic carbocycles. The van der Waals surface area contributed by atoms with Gasteiger partial charge in [-0.1, -0.05) is 32.5 Å². The lowest BCUT2D eigenvalue weighted by Crippen LogP contribution is -2.09. The zero-order valence-corrected chi connectivity index (χ0v) is 12.3. The van der Waals surface area contributed by atoms with Gasteiger partial charge < -0.3 is 5.73 Å². The molecule has 1 heterocycles. The van der Waals surface area contributed by atoms with Gasteiger partial charge in [-0.2, -0.15) is 0 Å². The molecule has 17 heavy (non-hydrogen) atoms. The summed E-state index contributed by atoms with van der Waals surface area (Å²) in [4.78, 5) is 5.38. The number of sulfone groups is 1. The summed E-state index contributed by atoms with van der Waals surface area (Å²) in [6.07, 6.45) is 1.70. The van der Waals surface area contributed by atoms with Gasteiger partial charge in [-0.3, -0.25) is 0 Å². The van der Waals surface area contributed by atoms with Crippen LogP contribution in [-0.4, -0.2) is 24.1 Å². The molecule has 0 unspecified atom stereocenters. The molecule has 0 aliphatic carbocycles. The molecule has 96 valence electrons. The van der Waals surface area contributed by atoms with Crippen LogP contribution in [0.3, 0.4) is 0 Å². The monoisotopic (exact) mass is 292 g/mol. The summed E-state index contributed by atoms with van der Waals surface area (Å²) >= 11 is 6.24. The van der Waals surface area contributed by atoms with Crippen molar-refractivity contribution in [3.8, 4) is 0 Å². The van der Waals surface area contributed by atoms with E-state index in [4.69, 9.17) is 18.0 Å². The number of rotatable bonds is 6. The Morgan fingerprint density at radius 3 is 2.59 bits per heavy atom. The normalized spacial score (nSPS) is 11.6. The lowest BCUT2D eigenvalue weighted by atomic mass is 10.2. The Balaban J connectivity index is 3.04. The van der Waals surface area contributed by atoms with Crippen LogP contribution in [0.15, 0.2) is 0 Å². The lowest BCUT2D eigenvalue weighted by molar-refractivity contribution is 0.596. The molecule has 0 aliphatic heterocycles. The second kappa shape index (κ2) is 5.88. The summed E-state index contributed by atoms with van der Waals surface area (Å²) in [7, 11) is -3.05. The van der Waals surface area contributed by atoms with Gasteiger partial charge in [0.1, 0.15) is 15.7 Å². The predicted octanol–water partition coefficient (Wildman–Crippen LogP) is 1.66. The van der Waals surface area contributed by atoms with Crippen molar-refractivity contribution < 1.29 is 8.42 Å². The second-order valence-electron chi connectivity index (χ2n) is 3.67. The van der Waals surface area contributed by atoms with Crippen LogP contribution in [0.4, 0.5) is 0 Å². The molecule has 2 N–H and O–H groups in total. The highest BCUT2D eigenvalue weighted by Gasteiger charge is 2.17. The van der Waals surface area contributed by atoms with E-state index in [0.717, 1.165) is 23.4 Å². The van der Waals surface area contributed by atoms with E-state index < -0.39 is 9.84 Å². The van der Waals surface area contributed by atoms with Crippen molar-refractivity contribution in [2.75, 3.05) is 5.75 Å². The number of thiazole rings is 1. The molecular formula is C10H16N2O2S3. The van der Waals surface area contributed by atoms with Gasteiger partial charge in [0.05, 0.1) is 10.6 Å². The topological polar surface area (TPSA) is 73.0 Å². The highest BCUT2D eigenvalue weighted by Crippen LogP contribution is 2.22. The number of nitrogens with zero attached hydrogens (tertiary/aromatic N) is 1. The molecule has 1 aromatic rings. The quantitative estimate of drug-likeness (QED) is 0.807. The van der Waals surface area contributed by atoms with Crippen molar-refractivity contribution in [3.05, 3.63) is 15.6 Å². The minimum Gasteiger partial charge on any atom is -0.389 e. The zero-order chi connectivity index (χ0) is 13.1. The van der Waals surface area contributed by atoms with E-state index in [1.165, 1.54) is 11.3 Å². The minimum atomic E-state index is -3.05. The Kier molecular flexibility index (Phi) is 5.03. The number of hydrogen-bond acceptors (Lipinski definition) is 5. The van der Waals surface area contributed by atoms with Gasteiger partial charge in [0.2, 0.25) is 0 Å². The molecule has 4 nitrogen and oxygen atoms in total. The van der Waals surface area contributed by atoms with E-state index in [1.807, 2.05) is 6.92 Å². The van der Waals surface area contributed by atoms with E-state index in [-0.39, 0.29) is 11.5 Å². The first-order valence-corrected chi connectivity index (χ1v) is 8.43. The van der Waals surface area contributed by atoms with Gasteiger partial charge in [0.25, 0.3) is 0 Å². The molecular weight excluding hydrogens is 276 g/mol. The van der Waals surface area contributed by atoms with Gasteiger partial charge in [0.15, 0.2) is 9.84 Å².